The topological polar surface area (TPSA) is 52.9 Å². The number of benzene rings is 2. The number of nitrogens with zero attached hydrogens (tertiary/aromatic N) is 4. The number of rotatable bonds is 4. The molecule has 0 atom stereocenters. The van der Waals surface area contributed by atoms with Gasteiger partial charge in [-0.05, 0) is 61.5 Å². The van der Waals surface area contributed by atoms with Crippen LogP contribution in [0.2, 0.25) is 0 Å². The quantitative estimate of drug-likeness (QED) is 0.636. The number of piperazine rings is 1. The summed E-state index contributed by atoms with van der Waals surface area (Å²) in [5.74, 6) is 0.538. The van der Waals surface area contributed by atoms with E-state index in [1.165, 1.54) is 11.8 Å². The van der Waals surface area contributed by atoms with E-state index < -0.39 is 0 Å². The molecule has 0 spiro atoms. The van der Waals surface area contributed by atoms with E-state index >= 15 is 0 Å². The van der Waals surface area contributed by atoms with Crippen LogP contribution in [0.4, 0.5) is 15.8 Å². The zero-order chi connectivity index (χ0) is 24.4. The zero-order valence-electron chi connectivity index (χ0n) is 20.2. The third-order valence-corrected chi connectivity index (χ3v) is 6.84. The maximum absolute atomic E-state index is 14.1. The number of halogens is 1. The van der Waals surface area contributed by atoms with Gasteiger partial charge in [-0.1, -0.05) is 18.2 Å². The summed E-state index contributed by atoms with van der Waals surface area (Å²) in [5, 5.41) is 5.08. The van der Waals surface area contributed by atoms with Crippen LogP contribution in [-0.2, 0) is 6.54 Å². The highest BCUT2D eigenvalue weighted by atomic mass is 19.1. The Morgan fingerprint density at radius 2 is 1.77 bits per heavy atom. The summed E-state index contributed by atoms with van der Waals surface area (Å²) in [6.07, 6.45) is 4.35. The number of amidine groups is 1. The second-order valence-electron chi connectivity index (χ2n) is 9.20. The van der Waals surface area contributed by atoms with Crippen LogP contribution in [-0.4, -0.2) is 48.5 Å². The Hall–Kier alpha value is -3.71. The number of fused-ring (bicyclic) bond motifs is 1. The Morgan fingerprint density at radius 3 is 2.54 bits per heavy atom. The van der Waals surface area contributed by atoms with Crippen LogP contribution in [0.25, 0.3) is 12.3 Å². The van der Waals surface area contributed by atoms with Gasteiger partial charge in [0, 0.05) is 66.8 Å². The van der Waals surface area contributed by atoms with Crippen molar-refractivity contribution >= 4 is 29.5 Å². The highest BCUT2D eigenvalue weighted by molar-refractivity contribution is 5.99. The van der Waals surface area contributed by atoms with Crippen LogP contribution in [0.15, 0.2) is 64.4 Å². The molecule has 6 nitrogen and oxygen atoms in total. The lowest BCUT2D eigenvalue weighted by Crippen LogP contribution is -2.44. The number of hydrogen-bond acceptors (Lipinski definition) is 5. The summed E-state index contributed by atoms with van der Waals surface area (Å²) in [6, 6.07) is 16.8. The smallest absolute Gasteiger partial charge is 0.251 e. The Balaban J connectivity index is 1.35. The van der Waals surface area contributed by atoms with E-state index in [1.807, 2.05) is 12.1 Å². The lowest BCUT2D eigenvalue weighted by molar-refractivity contribution is 0.313. The molecule has 0 aliphatic carbocycles. The van der Waals surface area contributed by atoms with Crippen LogP contribution in [0, 0.1) is 12.7 Å². The first-order valence-corrected chi connectivity index (χ1v) is 12.0. The highest BCUT2D eigenvalue weighted by Crippen LogP contribution is 2.20. The van der Waals surface area contributed by atoms with Crippen molar-refractivity contribution in [1.29, 1.82) is 0 Å². The van der Waals surface area contributed by atoms with Gasteiger partial charge >= 0.3 is 0 Å². The van der Waals surface area contributed by atoms with Gasteiger partial charge in [0.25, 0.3) is 5.56 Å². The molecular weight excluding hydrogens is 441 g/mol. The Labute approximate surface area is 204 Å². The molecular formula is C28H30FN5O. The lowest BCUT2D eigenvalue weighted by atomic mass is 10.1. The van der Waals surface area contributed by atoms with Gasteiger partial charge in [-0.15, -0.1) is 0 Å². The van der Waals surface area contributed by atoms with E-state index in [4.69, 9.17) is 0 Å². The van der Waals surface area contributed by atoms with Crippen LogP contribution < -0.4 is 26.3 Å². The summed E-state index contributed by atoms with van der Waals surface area (Å²) in [4.78, 5) is 22.1. The number of likely N-dealkylation sites (N-methyl/N-ethyl adjacent to an activating group) is 1. The molecule has 0 saturated carbocycles. The van der Waals surface area contributed by atoms with Crippen LogP contribution >= 0.6 is 0 Å². The van der Waals surface area contributed by atoms with Crippen molar-refractivity contribution in [2.75, 3.05) is 43.4 Å². The molecule has 0 radical (unpaired) electrons. The summed E-state index contributed by atoms with van der Waals surface area (Å²) < 4.78 is 15.7. The second-order valence-corrected chi connectivity index (χ2v) is 9.20. The molecule has 180 valence electrons. The van der Waals surface area contributed by atoms with Gasteiger partial charge in [0.05, 0.1) is 6.54 Å². The Morgan fingerprint density at radius 1 is 1.00 bits per heavy atom. The minimum absolute atomic E-state index is 0.118. The van der Waals surface area contributed by atoms with E-state index in [1.54, 1.807) is 35.9 Å². The number of anilines is 2. The van der Waals surface area contributed by atoms with Crippen molar-refractivity contribution in [3.05, 3.63) is 92.5 Å². The summed E-state index contributed by atoms with van der Waals surface area (Å²) in [6.45, 7) is 6.28. The molecule has 0 unspecified atom stereocenters. The predicted molar refractivity (Wildman–Crippen MR) is 141 cm³/mol. The normalized spacial score (nSPS) is 16.0. The molecule has 0 bridgehead atoms. The molecule has 2 aromatic carbocycles. The molecule has 35 heavy (non-hydrogen) atoms. The van der Waals surface area contributed by atoms with Gasteiger partial charge in [-0.2, -0.15) is 0 Å². The standard InChI is InChI=1S/C28H30FN5O/c1-20-22(4-3-5-25(20)29)19-34-26-11-12-27(30-18-21(26)6-13-28(34)35)31-23-7-9-24(10-8-23)33-16-14-32(2)15-17-33/h3-11,13,18H,12,14-17,19H2,1-2H3,(H,30,31). The Bertz CT molecular complexity index is 1430. The van der Waals surface area contributed by atoms with Gasteiger partial charge in [-0.25, -0.2) is 9.38 Å². The molecule has 0 amide bonds. The number of aliphatic imine (C=N–C) groups is 1. The number of pyridine rings is 1. The molecule has 3 aromatic rings. The second kappa shape index (κ2) is 9.88. The van der Waals surface area contributed by atoms with Crippen molar-refractivity contribution in [2.24, 2.45) is 4.99 Å². The fourth-order valence-electron chi connectivity index (χ4n) is 4.57. The van der Waals surface area contributed by atoms with E-state index in [0.29, 0.717) is 18.5 Å². The molecule has 2 aliphatic heterocycles. The minimum atomic E-state index is -0.262. The van der Waals surface area contributed by atoms with Gasteiger partial charge in [-0.3, -0.25) is 4.79 Å². The van der Waals surface area contributed by atoms with Crippen LogP contribution in [0.3, 0.4) is 0 Å². The molecule has 1 N–H and O–H groups in total. The van der Waals surface area contributed by atoms with E-state index in [0.717, 1.165) is 53.8 Å². The monoisotopic (exact) mass is 471 g/mol. The molecule has 5 rings (SSSR count). The third-order valence-electron chi connectivity index (χ3n) is 6.84. The van der Waals surface area contributed by atoms with Crippen molar-refractivity contribution in [2.45, 2.75) is 19.9 Å². The average Bonchev–Trinajstić information content (AvgIpc) is 3.07. The summed E-state index contributed by atoms with van der Waals surface area (Å²) in [7, 11) is 2.16. The zero-order valence-corrected chi connectivity index (χ0v) is 20.2. The number of aromatic nitrogens is 1. The number of nitrogens with one attached hydrogen (secondary N) is 1. The van der Waals surface area contributed by atoms with Crippen molar-refractivity contribution in [3.63, 3.8) is 0 Å². The van der Waals surface area contributed by atoms with Crippen LogP contribution in [0.5, 0.6) is 0 Å². The van der Waals surface area contributed by atoms with Gasteiger partial charge < -0.3 is 19.7 Å². The Kier molecular flexibility index (Phi) is 6.51. The van der Waals surface area contributed by atoms with E-state index in [-0.39, 0.29) is 11.4 Å². The number of hydrogen-bond donors (Lipinski definition) is 1. The maximum Gasteiger partial charge on any atom is 0.251 e. The first-order valence-electron chi connectivity index (χ1n) is 12.0. The predicted octanol–water partition coefficient (Wildman–Crippen LogP) is 2.53. The first kappa shape index (κ1) is 23.1. The fourth-order valence-corrected chi connectivity index (χ4v) is 4.57. The van der Waals surface area contributed by atoms with Gasteiger partial charge in [0.2, 0.25) is 0 Å². The maximum atomic E-state index is 14.1. The fraction of sp³-hybridized carbons (Fsp3) is 0.286. The van der Waals surface area contributed by atoms with Gasteiger partial charge in [0.1, 0.15) is 11.7 Å². The SMILES string of the molecule is Cc1c(F)cccc1Cn1c(=O)ccc2c1=CCC(Nc1ccc(N3CCN(C)CC3)cc1)=NC=2. The minimum Gasteiger partial charge on any atom is -0.369 e. The lowest BCUT2D eigenvalue weighted by Gasteiger charge is -2.34. The average molecular weight is 472 g/mol. The molecule has 1 aromatic heterocycles. The van der Waals surface area contributed by atoms with Crippen LogP contribution in [0.1, 0.15) is 17.5 Å². The first-order chi connectivity index (χ1) is 17.0. The molecule has 7 heteroatoms. The highest BCUT2D eigenvalue weighted by Gasteiger charge is 2.14. The molecule has 1 saturated heterocycles. The molecule has 2 aliphatic rings. The summed E-state index contributed by atoms with van der Waals surface area (Å²) in [5.41, 5.74) is 3.44. The van der Waals surface area contributed by atoms with Crippen molar-refractivity contribution in [3.8, 4) is 0 Å². The third kappa shape index (κ3) is 5.05. The largest absolute Gasteiger partial charge is 0.369 e. The van der Waals surface area contributed by atoms with Gasteiger partial charge in [0.15, 0.2) is 0 Å². The van der Waals surface area contributed by atoms with Crippen molar-refractivity contribution < 1.29 is 4.39 Å². The molecule has 1 fully saturated rings. The van der Waals surface area contributed by atoms with E-state index in [9.17, 15) is 9.18 Å². The van der Waals surface area contributed by atoms with E-state index in [2.05, 4.69) is 51.4 Å². The summed E-state index contributed by atoms with van der Waals surface area (Å²) >= 11 is 0. The molecule has 3 heterocycles. The van der Waals surface area contributed by atoms with Crippen molar-refractivity contribution in [1.82, 2.24) is 9.47 Å².